The lowest BCUT2D eigenvalue weighted by Crippen LogP contribution is -2.41. The molecule has 1 atom stereocenters. The van der Waals surface area contributed by atoms with Gasteiger partial charge in [-0.3, -0.25) is 4.79 Å². The summed E-state index contributed by atoms with van der Waals surface area (Å²) in [7, 11) is 0. The Morgan fingerprint density at radius 1 is 1.46 bits per heavy atom. The highest BCUT2D eigenvalue weighted by atomic mass is 16.5. The molecule has 2 heterocycles. The van der Waals surface area contributed by atoms with Crippen molar-refractivity contribution in [3.8, 4) is 5.75 Å². The van der Waals surface area contributed by atoms with E-state index in [9.17, 15) is 9.90 Å². The van der Waals surface area contributed by atoms with E-state index in [-0.39, 0.29) is 24.0 Å². The standard InChI is InChI=1S/C20H25N3O3/c1-13-21-6-8-23(13)7-4-19(25)22-20(16-11-17(24)12-16)15-2-3-18-14(10-15)5-9-26-18/h2-3,6,8,10,16-17,20,24H,4-5,7,9,11-12H2,1H3,(H,22,25)/t16?,17?,20-/m1/s1. The first-order chi connectivity index (χ1) is 12.6. The Hall–Kier alpha value is -2.34. The number of amides is 1. The van der Waals surface area contributed by atoms with Gasteiger partial charge in [0, 0.05) is 31.8 Å². The lowest BCUT2D eigenvalue weighted by molar-refractivity contribution is -0.123. The summed E-state index contributed by atoms with van der Waals surface area (Å²) in [5.74, 6) is 2.17. The number of hydrogen-bond acceptors (Lipinski definition) is 4. The first kappa shape index (κ1) is 17.1. The maximum Gasteiger partial charge on any atom is 0.222 e. The van der Waals surface area contributed by atoms with Crippen LogP contribution in [0.5, 0.6) is 5.75 Å². The number of aryl methyl sites for hydroxylation is 2. The van der Waals surface area contributed by atoms with E-state index in [1.165, 1.54) is 5.56 Å². The Bertz CT molecular complexity index is 795. The van der Waals surface area contributed by atoms with Crippen molar-refractivity contribution >= 4 is 5.91 Å². The molecule has 0 spiro atoms. The van der Waals surface area contributed by atoms with Crippen LogP contribution in [0.4, 0.5) is 0 Å². The number of ether oxygens (including phenoxy) is 1. The van der Waals surface area contributed by atoms with Crippen LogP contribution in [0.15, 0.2) is 30.6 Å². The largest absolute Gasteiger partial charge is 0.493 e. The zero-order chi connectivity index (χ0) is 18.1. The average Bonchev–Trinajstić information content (AvgIpc) is 3.23. The van der Waals surface area contributed by atoms with E-state index in [1.54, 1.807) is 6.20 Å². The van der Waals surface area contributed by atoms with Crippen LogP contribution in [0, 0.1) is 12.8 Å². The Morgan fingerprint density at radius 3 is 3.04 bits per heavy atom. The second-order valence-electron chi connectivity index (χ2n) is 7.31. The lowest BCUT2D eigenvalue weighted by atomic mass is 9.75. The van der Waals surface area contributed by atoms with Crippen LogP contribution in [-0.4, -0.2) is 33.3 Å². The molecule has 1 aromatic heterocycles. The van der Waals surface area contributed by atoms with Gasteiger partial charge >= 0.3 is 0 Å². The van der Waals surface area contributed by atoms with E-state index in [4.69, 9.17) is 4.74 Å². The van der Waals surface area contributed by atoms with E-state index >= 15 is 0 Å². The van der Waals surface area contributed by atoms with Gasteiger partial charge in [0.05, 0.1) is 18.8 Å². The third kappa shape index (κ3) is 3.46. The summed E-state index contributed by atoms with van der Waals surface area (Å²) in [4.78, 5) is 16.7. The van der Waals surface area contributed by atoms with E-state index in [0.717, 1.165) is 43.0 Å². The number of aliphatic hydroxyl groups excluding tert-OH is 1. The van der Waals surface area contributed by atoms with Crippen molar-refractivity contribution < 1.29 is 14.6 Å². The van der Waals surface area contributed by atoms with Crippen LogP contribution in [0.2, 0.25) is 0 Å². The Morgan fingerprint density at radius 2 is 2.31 bits per heavy atom. The molecule has 1 fully saturated rings. The van der Waals surface area contributed by atoms with Crippen molar-refractivity contribution in [3.05, 3.63) is 47.5 Å². The molecule has 1 saturated carbocycles. The second-order valence-corrected chi connectivity index (χ2v) is 7.31. The molecule has 1 amide bonds. The van der Waals surface area contributed by atoms with Gasteiger partial charge in [0.2, 0.25) is 5.91 Å². The molecule has 4 rings (SSSR count). The van der Waals surface area contributed by atoms with E-state index in [2.05, 4.69) is 16.4 Å². The molecule has 0 saturated heterocycles. The zero-order valence-corrected chi connectivity index (χ0v) is 15.0. The van der Waals surface area contributed by atoms with Gasteiger partial charge in [-0.15, -0.1) is 0 Å². The molecule has 2 aliphatic rings. The maximum absolute atomic E-state index is 12.6. The van der Waals surface area contributed by atoms with Crippen LogP contribution in [0.3, 0.4) is 0 Å². The number of carbonyl (C=O) groups excluding carboxylic acids is 1. The monoisotopic (exact) mass is 355 g/mol. The van der Waals surface area contributed by atoms with E-state index < -0.39 is 0 Å². The highest BCUT2D eigenvalue weighted by Gasteiger charge is 2.36. The summed E-state index contributed by atoms with van der Waals surface area (Å²) in [5.41, 5.74) is 2.31. The zero-order valence-electron chi connectivity index (χ0n) is 15.0. The van der Waals surface area contributed by atoms with Gasteiger partial charge in [0.25, 0.3) is 0 Å². The fourth-order valence-corrected chi connectivity index (χ4v) is 3.88. The molecule has 1 aliphatic heterocycles. The molecule has 138 valence electrons. The summed E-state index contributed by atoms with van der Waals surface area (Å²) in [6.07, 6.45) is 6.19. The number of aliphatic hydroxyl groups is 1. The smallest absolute Gasteiger partial charge is 0.222 e. The number of carbonyl (C=O) groups is 1. The molecule has 0 radical (unpaired) electrons. The summed E-state index contributed by atoms with van der Waals surface area (Å²) in [6, 6.07) is 6.14. The minimum atomic E-state index is -0.245. The maximum atomic E-state index is 12.6. The van der Waals surface area contributed by atoms with Crippen LogP contribution in [0.1, 0.15) is 42.3 Å². The Kier molecular flexibility index (Phi) is 4.68. The van der Waals surface area contributed by atoms with Gasteiger partial charge in [0.1, 0.15) is 11.6 Å². The van der Waals surface area contributed by atoms with Crippen molar-refractivity contribution in [3.63, 3.8) is 0 Å². The van der Waals surface area contributed by atoms with Gasteiger partial charge in [-0.2, -0.15) is 0 Å². The van der Waals surface area contributed by atoms with Gasteiger partial charge < -0.3 is 19.7 Å². The number of imidazole rings is 1. The molecule has 2 aromatic rings. The second kappa shape index (κ2) is 7.11. The SMILES string of the molecule is Cc1nccn1CCC(=O)N[C@H](c1ccc2c(c1)CCO2)C1CC(O)C1. The lowest BCUT2D eigenvalue weighted by Gasteiger charge is -2.38. The van der Waals surface area contributed by atoms with Crippen LogP contribution < -0.4 is 10.1 Å². The van der Waals surface area contributed by atoms with Crippen LogP contribution in [0.25, 0.3) is 0 Å². The summed E-state index contributed by atoms with van der Waals surface area (Å²) < 4.78 is 7.57. The Balaban J connectivity index is 1.45. The molecule has 0 unspecified atom stereocenters. The number of rotatable bonds is 6. The first-order valence-electron chi connectivity index (χ1n) is 9.31. The van der Waals surface area contributed by atoms with Crippen LogP contribution in [-0.2, 0) is 17.8 Å². The normalized spacial score (nSPS) is 22.2. The van der Waals surface area contributed by atoms with Gasteiger partial charge in [-0.1, -0.05) is 6.07 Å². The topological polar surface area (TPSA) is 76.4 Å². The third-order valence-electron chi connectivity index (χ3n) is 5.51. The minimum absolute atomic E-state index is 0.0289. The molecule has 0 bridgehead atoms. The van der Waals surface area contributed by atoms with Gasteiger partial charge in [-0.25, -0.2) is 4.98 Å². The molecular weight excluding hydrogens is 330 g/mol. The fraction of sp³-hybridized carbons (Fsp3) is 0.500. The summed E-state index contributed by atoms with van der Waals surface area (Å²) >= 11 is 0. The molecule has 6 nitrogen and oxygen atoms in total. The first-order valence-corrected chi connectivity index (χ1v) is 9.31. The number of nitrogens with zero attached hydrogens (tertiary/aromatic N) is 2. The third-order valence-corrected chi connectivity index (χ3v) is 5.51. The molecular formula is C20H25N3O3. The highest BCUT2D eigenvalue weighted by Crippen LogP contribution is 2.39. The summed E-state index contributed by atoms with van der Waals surface area (Å²) in [5, 5.41) is 12.9. The van der Waals surface area contributed by atoms with Gasteiger partial charge in [-0.05, 0) is 48.9 Å². The highest BCUT2D eigenvalue weighted by molar-refractivity contribution is 5.76. The van der Waals surface area contributed by atoms with Gasteiger partial charge in [0.15, 0.2) is 0 Å². The van der Waals surface area contributed by atoms with Crippen molar-refractivity contribution in [1.29, 1.82) is 0 Å². The van der Waals surface area contributed by atoms with E-state index in [1.807, 2.05) is 29.8 Å². The molecule has 2 N–H and O–H groups in total. The number of fused-ring (bicyclic) bond motifs is 1. The molecule has 1 aromatic carbocycles. The quantitative estimate of drug-likeness (QED) is 0.832. The fourth-order valence-electron chi connectivity index (χ4n) is 3.88. The average molecular weight is 355 g/mol. The number of nitrogens with one attached hydrogen (secondary N) is 1. The molecule has 26 heavy (non-hydrogen) atoms. The van der Waals surface area contributed by atoms with Crippen molar-refractivity contribution in [2.45, 2.75) is 51.3 Å². The molecule has 6 heteroatoms. The molecule has 1 aliphatic carbocycles. The summed E-state index contributed by atoms with van der Waals surface area (Å²) in [6.45, 7) is 3.28. The number of hydrogen-bond donors (Lipinski definition) is 2. The predicted molar refractivity (Wildman–Crippen MR) is 96.8 cm³/mol. The minimum Gasteiger partial charge on any atom is -0.493 e. The van der Waals surface area contributed by atoms with Crippen molar-refractivity contribution in [2.24, 2.45) is 5.92 Å². The van der Waals surface area contributed by atoms with Crippen molar-refractivity contribution in [1.82, 2.24) is 14.9 Å². The number of benzene rings is 1. The van der Waals surface area contributed by atoms with Crippen LogP contribution >= 0.6 is 0 Å². The Labute approximate surface area is 153 Å². The van der Waals surface area contributed by atoms with E-state index in [0.29, 0.717) is 13.0 Å². The van der Waals surface area contributed by atoms with Crippen molar-refractivity contribution in [2.75, 3.05) is 6.61 Å². The number of aromatic nitrogens is 2. The predicted octanol–water partition coefficient (Wildman–Crippen LogP) is 2.14.